The van der Waals surface area contributed by atoms with Crippen molar-refractivity contribution in [2.24, 2.45) is 0 Å². The Morgan fingerprint density at radius 1 is 1.00 bits per heavy atom. The van der Waals surface area contributed by atoms with Crippen molar-refractivity contribution in [1.29, 1.82) is 0 Å². The molecule has 0 amide bonds. The van der Waals surface area contributed by atoms with Crippen molar-refractivity contribution in [1.82, 2.24) is 4.90 Å². The number of aryl methyl sites for hydroxylation is 1. The smallest absolute Gasteiger partial charge is 0.339 e. The van der Waals surface area contributed by atoms with E-state index in [1.807, 2.05) is 32.3 Å². The van der Waals surface area contributed by atoms with Crippen molar-refractivity contribution in [3.05, 3.63) is 53.1 Å². The third-order valence-corrected chi connectivity index (χ3v) is 5.22. The number of carbonyl (C=O) groups is 1. The van der Waals surface area contributed by atoms with Gasteiger partial charge in [-0.05, 0) is 50.2 Å². The molecule has 3 rings (SSSR count). The molecule has 6 nitrogen and oxygen atoms in total. The van der Waals surface area contributed by atoms with Gasteiger partial charge in [0.25, 0.3) is 0 Å². The van der Waals surface area contributed by atoms with Crippen molar-refractivity contribution in [2.45, 2.75) is 25.0 Å². The van der Waals surface area contributed by atoms with Crippen LogP contribution in [0, 0.1) is 0 Å². The van der Waals surface area contributed by atoms with Crippen LogP contribution in [0.15, 0.2) is 36.4 Å². The number of hydrogen-bond donors (Lipinski definition) is 0. The Bertz CT molecular complexity index is 830. The lowest BCUT2D eigenvalue weighted by atomic mass is 9.85. The standard InChI is InChI=1S/C22H27NO5.ClH/c1-23(2)17-11-10-14-8-6-7-9-16(14)20(17)28-22(24)15-12-18(25-3)21(27-5)19(13-15)26-4;/h6-9,12-13,17,20H,10-11H2,1-5H3;1H/t17-,20+;/m1./s1. The van der Waals surface area contributed by atoms with Crippen LogP contribution in [-0.4, -0.2) is 52.3 Å². The van der Waals surface area contributed by atoms with Gasteiger partial charge in [-0.1, -0.05) is 24.3 Å². The maximum atomic E-state index is 13.0. The largest absolute Gasteiger partial charge is 0.493 e. The summed E-state index contributed by atoms with van der Waals surface area (Å²) in [5.41, 5.74) is 2.64. The van der Waals surface area contributed by atoms with E-state index >= 15 is 0 Å². The second-order valence-corrected chi connectivity index (χ2v) is 7.01. The molecule has 0 aromatic heterocycles. The van der Waals surface area contributed by atoms with Crippen molar-refractivity contribution >= 4 is 18.4 Å². The molecule has 7 heteroatoms. The van der Waals surface area contributed by atoms with Crippen molar-refractivity contribution in [3.8, 4) is 17.2 Å². The number of carbonyl (C=O) groups excluding carboxylic acids is 1. The molecule has 0 spiro atoms. The second-order valence-electron chi connectivity index (χ2n) is 7.01. The van der Waals surface area contributed by atoms with E-state index < -0.39 is 5.97 Å². The van der Waals surface area contributed by atoms with Gasteiger partial charge in [-0.25, -0.2) is 4.79 Å². The van der Waals surface area contributed by atoms with Crippen LogP contribution in [0.25, 0.3) is 0 Å². The molecule has 1 aliphatic rings. The minimum absolute atomic E-state index is 0. The highest BCUT2D eigenvalue weighted by Gasteiger charge is 2.34. The van der Waals surface area contributed by atoms with Gasteiger partial charge in [-0.3, -0.25) is 0 Å². The SMILES string of the molecule is COc1cc(C(=O)O[C@H]2c3ccccc3CC[C@H]2N(C)C)cc(OC)c1OC.Cl. The minimum atomic E-state index is -0.423. The highest BCUT2D eigenvalue weighted by molar-refractivity contribution is 5.91. The molecule has 0 saturated carbocycles. The normalized spacial score (nSPS) is 17.7. The van der Waals surface area contributed by atoms with Crippen LogP contribution >= 0.6 is 12.4 Å². The molecule has 0 unspecified atom stereocenters. The molecule has 2 aromatic carbocycles. The summed E-state index contributed by atoms with van der Waals surface area (Å²) in [5, 5.41) is 0. The minimum Gasteiger partial charge on any atom is -0.493 e. The number of benzene rings is 2. The first-order valence-corrected chi connectivity index (χ1v) is 9.25. The van der Waals surface area contributed by atoms with E-state index in [-0.39, 0.29) is 24.6 Å². The first kappa shape index (κ1) is 22.8. The summed E-state index contributed by atoms with van der Waals surface area (Å²) in [7, 11) is 8.59. The van der Waals surface area contributed by atoms with Crippen LogP contribution in [0.5, 0.6) is 17.2 Å². The molecule has 158 valence electrons. The molecule has 0 heterocycles. The fraction of sp³-hybridized carbons (Fsp3) is 0.409. The van der Waals surface area contributed by atoms with Crippen LogP contribution < -0.4 is 14.2 Å². The van der Waals surface area contributed by atoms with Crippen LogP contribution in [0.2, 0.25) is 0 Å². The molecule has 0 bridgehead atoms. The predicted octanol–water partition coefficient (Wildman–Crippen LogP) is 3.91. The van der Waals surface area contributed by atoms with Gasteiger partial charge in [0.15, 0.2) is 11.5 Å². The zero-order valence-corrected chi connectivity index (χ0v) is 18.2. The van der Waals surface area contributed by atoms with Gasteiger partial charge < -0.3 is 23.8 Å². The number of halogens is 1. The van der Waals surface area contributed by atoms with E-state index in [2.05, 4.69) is 11.0 Å². The van der Waals surface area contributed by atoms with Gasteiger partial charge in [-0.2, -0.15) is 0 Å². The molecule has 2 atom stereocenters. The number of nitrogens with zero attached hydrogens (tertiary/aromatic N) is 1. The summed E-state index contributed by atoms with van der Waals surface area (Å²) < 4.78 is 22.1. The first-order chi connectivity index (χ1) is 13.5. The predicted molar refractivity (Wildman–Crippen MR) is 114 cm³/mol. The van der Waals surface area contributed by atoms with Crippen LogP contribution in [0.3, 0.4) is 0 Å². The highest BCUT2D eigenvalue weighted by atomic mass is 35.5. The fourth-order valence-corrected chi connectivity index (χ4v) is 3.75. The topological polar surface area (TPSA) is 57.2 Å². The average Bonchev–Trinajstić information content (AvgIpc) is 2.72. The molecule has 1 aliphatic carbocycles. The van der Waals surface area contributed by atoms with Crippen LogP contribution in [0.4, 0.5) is 0 Å². The highest BCUT2D eigenvalue weighted by Crippen LogP contribution is 2.40. The Hall–Kier alpha value is -2.44. The number of fused-ring (bicyclic) bond motifs is 1. The van der Waals surface area contributed by atoms with Crippen molar-refractivity contribution in [3.63, 3.8) is 0 Å². The molecule has 0 radical (unpaired) electrons. The number of esters is 1. The van der Waals surface area contributed by atoms with E-state index in [1.54, 1.807) is 12.1 Å². The summed E-state index contributed by atoms with van der Waals surface area (Å²) in [5.74, 6) is 0.854. The molecular formula is C22H28ClNO5. The number of likely N-dealkylation sites (N-methyl/N-ethyl adjacent to an activating group) is 1. The summed E-state index contributed by atoms with van der Waals surface area (Å²) in [4.78, 5) is 15.1. The Labute approximate surface area is 178 Å². The van der Waals surface area contributed by atoms with Gasteiger partial charge in [0, 0.05) is 0 Å². The van der Waals surface area contributed by atoms with E-state index in [4.69, 9.17) is 18.9 Å². The Morgan fingerprint density at radius 2 is 1.62 bits per heavy atom. The molecule has 29 heavy (non-hydrogen) atoms. The van der Waals surface area contributed by atoms with Gasteiger partial charge in [0.2, 0.25) is 5.75 Å². The first-order valence-electron chi connectivity index (χ1n) is 9.25. The number of hydrogen-bond acceptors (Lipinski definition) is 6. The lowest BCUT2D eigenvalue weighted by Crippen LogP contribution is -2.39. The van der Waals surface area contributed by atoms with Crippen LogP contribution in [-0.2, 0) is 11.2 Å². The maximum absolute atomic E-state index is 13.0. The maximum Gasteiger partial charge on any atom is 0.339 e. The van der Waals surface area contributed by atoms with Gasteiger partial charge >= 0.3 is 5.97 Å². The Kier molecular flexibility index (Phi) is 7.76. The monoisotopic (exact) mass is 421 g/mol. The van der Waals surface area contributed by atoms with Crippen molar-refractivity contribution < 1.29 is 23.7 Å². The number of ether oxygens (including phenoxy) is 4. The van der Waals surface area contributed by atoms with Crippen LogP contribution in [0.1, 0.15) is 34.0 Å². The molecule has 0 saturated heterocycles. The van der Waals surface area contributed by atoms with Gasteiger partial charge in [0.05, 0.1) is 32.9 Å². The summed E-state index contributed by atoms with van der Waals surface area (Å²) in [6.07, 6.45) is 1.56. The quantitative estimate of drug-likeness (QED) is 0.659. The summed E-state index contributed by atoms with van der Waals surface area (Å²) in [6.45, 7) is 0. The summed E-state index contributed by atoms with van der Waals surface area (Å²) in [6, 6.07) is 11.5. The number of methoxy groups -OCH3 is 3. The van der Waals surface area contributed by atoms with Gasteiger partial charge in [0.1, 0.15) is 6.10 Å². The van der Waals surface area contributed by atoms with E-state index in [9.17, 15) is 4.79 Å². The molecular weight excluding hydrogens is 394 g/mol. The van der Waals surface area contributed by atoms with E-state index in [1.165, 1.54) is 26.9 Å². The molecule has 0 N–H and O–H groups in total. The Balaban J connectivity index is 0.00000300. The average molecular weight is 422 g/mol. The lowest BCUT2D eigenvalue weighted by molar-refractivity contribution is 0.000554. The third-order valence-electron chi connectivity index (χ3n) is 5.22. The fourth-order valence-electron chi connectivity index (χ4n) is 3.75. The zero-order chi connectivity index (χ0) is 20.3. The Morgan fingerprint density at radius 3 is 2.17 bits per heavy atom. The van der Waals surface area contributed by atoms with Gasteiger partial charge in [-0.15, -0.1) is 12.4 Å². The second kappa shape index (κ2) is 9.85. The molecule has 0 aliphatic heterocycles. The summed E-state index contributed by atoms with van der Waals surface area (Å²) >= 11 is 0. The zero-order valence-electron chi connectivity index (χ0n) is 17.4. The van der Waals surface area contributed by atoms with E-state index in [0.717, 1.165) is 18.4 Å². The third kappa shape index (κ3) is 4.60. The van der Waals surface area contributed by atoms with Crippen molar-refractivity contribution in [2.75, 3.05) is 35.4 Å². The molecule has 2 aromatic rings. The number of rotatable bonds is 6. The molecule has 0 fully saturated rings. The van der Waals surface area contributed by atoms with E-state index in [0.29, 0.717) is 22.8 Å². The lowest BCUT2D eigenvalue weighted by Gasteiger charge is -2.37.